The predicted molar refractivity (Wildman–Crippen MR) is 79.8 cm³/mol. The highest BCUT2D eigenvalue weighted by Crippen LogP contribution is 2.23. The molecule has 0 saturated heterocycles. The number of anilines is 1. The van der Waals surface area contributed by atoms with Gasteiger partial charge in [-0.3, -0.25) is 4.21 Å². The molecule has 0 spiro atoms. The standard InChI is InChI=1S/C14H13BrFNOS/c1-9-2-5-13(17)14(6-9)19(18)8-10-3-4-12(16)11(15)7-10/h2-7H,8,17H2,1H3. The summed E-state index contributed by atoms with van der Waals surface area (Å²) in [6, 6.07) is 10.1. The number of hydrogen-bond acceptors (Lipinski definition) is 2. The van der Waals surface area contributed by atoms with Gasteiger partial charge in [-0.05, 0) is 58.2 Å². The molecule has 100 valence electrons. The summed E-state index contributed by atoms with van der Waals surface area (Å²) in [5, 5.41) is 0. The third-order valence-corrected chi connectivity index (χ3v) is 4.74. The van der Waals surface area contributed by atoms with Crippen LogP contribution in [0.3, 0.4) is 0 Å². The molecule has 2 aromatic carbocycles. The van der Waals surface area contributed by atoms with E-state index in [1.54, 1.807) is 18.2 Å². The Morgan fingerprint density at radius 1 is 1.26 bits per heavy atom. The number of nitrogen functional groups attached to an aromatic ring is 1. The Kier molecular flexibility index (Phi) is 4.37. The van der Waals surface area contributed by atoms with Gasteiger partial charge in [0.15, 0.2) is 0 Å². The summed E-state index contributed by atoms with van der Waals surface area (Å²) in [5.41, 5.74) is 8.16. The van der Waals surface area contributed by atoms with Crippen LogP contribution in [0.25, 0.3) is 0 Å². The van der Waals surface area contributed by atoms with Crippen LogP contribution < -0.4 is 5.73 Å². The normalized spacial score (nSPS) is 12.4. The lowest BCUT2D eigenvalue weighted by Crippen LogP contribution is -2.01. The summed E-state index contributed by atoms with van der Waals surface area (Å²) in [5.74, 6) is -0.0170. The second kappa shape index (κ2) is 5.84. The molecule has 0 heterocycles. The summed E-state index contributed by atoms with van der Waals surface area (Å²) < 4.78 is 25.8. The summed E-state index contributed by atoms with van der Waals surface area (Å²) in [6.45, 7) is 1.93. The molecule has 1 atom stereocenters. The molecular formula is C14H13BrFNOS. The maximum atomic E-state index is 13.1. The van der Waals surface area contributed by atoms with E-state index in [2.05, 4.69) is 15.9 Å². The summed E-state index contributed by atoms with van der Waals surface area (Å²) in [4.78, 5) is 0.625. The Morgan fingerprint density at radius 2 is 2.00 bits per heavy atom. The molecule has 0 aliphatic heterocycles. The minimum Gasteiger partial charge on any atom is -0.398 e. The number of benzene rings is 2. The third-order valence-electron chi connectivity index (χ3n) is 2.70. The Balaban J connectivity index is 2.25. The van der Waals surface area contributed by atoms with E-state index in [-0.39, 0.29) is 5.82 Å². The first-order valence-corrected chi connectivity index (χ1v) is 7.77. The fourth-order valence-corrected chi connectivity index (χ4v) is 3.41. The zero-order valence-electron chi connectivity index (χ0n) is 10.3. The molecule has 0 bridgehead atoms. The number of halogens is 2. The second-order valence-electron chi connectivity index (χ2n) is 4.28. The van der Waals surface area contributed by atoms with Gasteiger partial charge in [0.05, 0.1) is 25.9 Å². The third kappa shape index (κ3) is 3.42. The number of hydrogen-bond donors (Lipinski definition) is 1. The van der Waals surface area contributed by atoms with Crippen molar-refractivity contribution in [2.75, 3.05) is 5.73 Å². The molecule has 0 aromatic heterocycles. The van der Waals surface area contributed by atoms with E-state index in [9.17, 15) is 8.60 Å². The van der Waals surface area contributed by atoms with Crippen molar-refractivity contribution in [2.45, 2.75) is 17.6 Å². The number of aryl methyl sites for hydroxylation is 1. The van der Waals surface area contributed by atoms with Crippen LogP contribution in [-0.4, -0.2) is 4.21 Å². The van der Waals surface area contributed by atoms with Gasteiger partial charge in [0.2, 0.25) is 0 Å². The van der Waals surface area contributed by atoms with Gasteiger partial charge >= 0.3 is 0 Å². The molecule has 0 radical (unpaired) electrons. The fourth-order valence-electron chi connectivity index (χ4n) is 1.70. The molecule has 0 saturated carbocycles. The predicted octanol–water partition coefficient (Wildman–Crippen LogP) is 3.79. The van der Waals surface area contributed by atoms with Gasteiger partial charge in [-0.25, -0.2) is 4.39 Å². The summed E-state index contributed by atoms with van der Waals surface area (Å²) >= 11 is 3.12. The van der Waals surface area contributed by atoms with E-state index in [0.29, 0.717) is 20.8 Å². The highest BCUT2D eigenvalue weighted by atomic mass is 79.9. The van der Waals surface area contributed by atoms with Crippen molar-refractivity contribution >= 4 is 32.4 Å². The van der Waals surface area contributed by atoms with E-state index < -0.39 is 10.8 Å². The van der Waals surface area contributed by atoms with E-state index in [4.69, 9.17) is 5.73 Å². The highest BCUT2D eigenvalue weighted by molar-refractivity contribution is 9.10. The quantitative estimate of drug-likeness (QED) is 0.863. The molecule has 1 unspecified atom stereocenters. The van der Waals surface area contributed by atoms with Crippen molar-refractivity contribution in [1.82, 2.24) is 0 Å². The second-order valence-corrected chi connectivity index (χ2v) is 6.55. The molecule has 0 amide bonds. The van der Waals surface area contributed by atoms with Crippen LogP contribution >= 0.6 is 15.9 Å². The van der Waals surface area contributed by atoms with E-state index in [1.807, 2.05) is 19.1 Å². The summed E-state index contributed by atoms with van der Waals surface area (Å²) in [6.07, 6.45) is 0. The van der Waals surface area contributed by atoms with E-state index >= 15 is 0 Å². The fraction of sp³-hybridized carbons (Fsp3) is 0.143. The first-order valence-electron chi connectivity index (χ1n) is 5.66. The van der Waals surface area contributed by atoms with Gasteiger partial charge in [0.1, 0.15) is 5.82 Å². The molecule has 2 rings (SSSR count). The van der Waals surface area contributed by atoms with Gasteiger partial charge in [-0.1, -0.05) is 12.1 Å². The Morgan fingerprint density at radius 3 is 2.68 bits per heavy atom. The van der Waals surface area contributed by atoms with Crippen molar-refractivity contribution in [3.8, 4) is 0 Å². The van der Waals surface area contributed by atoms with Crippen LogP contribution in [-0.2, 0) is 16.6 Å². The van der Waals surface area contributed by atoms with Gasteiger partial charge in [-0.15, -0.1) is 0 Å². The van der Waals surface area contributed by atoms with Crippen molar-refractivity contribution in [1.29, 1.82) is 0 Å². The zero-order chi connectivity index (χ0) is 14.0. The van der Waals surface area contributed by atoms with Gasteiger partial charge in [-0.2, -0.15) is 0 Å². The Hall–Kier alpha value is -1.20. The van der Waals surface area contributed by atoms with Gasteiger partial charge in [0, 0.05) is 5.69 Å². The molecular weight excluding hydrogens is 329 g/mol. The van der Waals surface area contributed by atoms with Crippen molar-refractivity contribution < 1.29 is 8.60 Å². The van der Waals surface area contributed by atoms with Crippen molar-refractivity contribution in [3.05, 3.63) is 57.8 Å². The van der Waals surface area contributed by atoms with Crippen LogP contribution in [0.15, 0.2) is 45.8 Å². The maximum absolute atomic E-state index is 13.1. The lowest BCUT2D eigenvalue weighted by molar-refractivity contribution is 0.620. The zero-order valence-corrected chi connectivity index (χ0v) is 12.7. The van der Waals surface area contributed by atoms with Crippen LogP contribution in [0.2, 0.25) is 0 Å². The lowest BCUT2D eigenvalue weighted by Gasteiger charge is -2.07. The Labute approximate surface area is 122 Å². The molecule has 2 aromatic rings. The van der Waals surface area contributed by atoms with Gasteiger partial charge < -0.3 is 5.73 Å². The number of rotatable bonds is 3. The van der Waals surface area contributed by atoms with Crippen LogP contribution in [0.5, 0.6) is 0 Å². The topological polar surface area (TPSA) is 43.1 Å². The Bertz CT molecular complexity index is 645. The SMILES string of the molecule is Cc1ccc(N)c(S(=O)Cc2ccc(F)c(Br)c2)c1. The van der Waals surface area contributed by atoms with Crippen LogP contribution in [0.4, 0.5) is 10.1 Å². The average molecular weight is 342 g/mol. The first kappa shape index (κ1) is 14.2. The minimum atomic E-state index is -1.24. The average Bonchev–Trinajstić information content (AvgIpc) is 2.36. The smallest absolute Gasteiger partial charge is 0.137 e. The van der Waals surface area contributed by atoms with E-state index in [0.717, 1.165) is 11.1 Å². The number of nitrogens with two attached hydrogens (primary N) is 1. The first-order chi connectivity index (χ1) is 8.97. The van der Waals surface area contributed by atoms with Gasteiger partial charge in [0.25, 0.3) is 0 Å². The highest BCUT2D eigenvalue weighted by Gasteiger charge is 2.10. The lowest BCUT2D eigenvalue weighted by atomic mass is 10.2. The molecule has 5 heteroatoms. The van der Waals surface area contributed by atoms with Crippen LogP contribution in [0.1, 0.15) is 11.1 Å². The monoisotopic (exact) mass is 341 g/mol. The molecule has 0 aliphatic carbocycles. The van der Waals surface area contributed by atoms with Crippen LogP contribution in [0, 0.1) is 12.7 Å². The van der Waals surface area contributed by atoms with Crippen molar-refractivity contribution in [2.24, 2.45) is 0 Å². The molecule has 19 heavy (non-hydrogen) atoms. The molecule has 2 N–H and O–H groups in total. The van der Waals surface area contributed by atoms with Crippen molar-refractivity contribution in [3.63, 3.8) is 0 Å². The maximum Gasteiger partial charge on any atom is 0.137 e. The largest absolute Gasteiger partial charge is 0.398 e. The van der Waals surface area contributed by atoms with E-state index in [1.165, 1.54) is 6.07 Å². The summed E-state index contributed by atoms with van der Waals surface area (Å²) in [7, 11) is -1.24. The molecule has 0 aliphatic rings. The molecule has 0 fully saturated rings. The molecule has 2 nitrogen and oxygen atoms in total. The minimum absolute atomic E-state index is 0.312.